The molecule has 0 atom stereocenters. The predicted octanol–water partition coefficient (Wildman–Crippen LogP) is 3.69. The number of carbonyl (C=O) groups excluding carboxylic acids is 2. The molecule has 42 heavy (non-hydrogen) atoms. The zero-order chi connectivity index (χ0) is 32.3. The molecule has 2 aromatic heterocycles. The molecule has 0 aliphatic rings. The van der Waals surface area contributed by atoms with E-state index in [0.29, 0.717) is 25.4 Å². The van der Waals surface area contributed by atoms with Gasteiger partial charge in [0.15, 0.2) is 6.54 Å². The Bertz CT molecular complexity index is 1480. The largest absolute Gasteiger partial charge is 0.542 e. The lowest BCUT2D eigenvalue weighted by molar-refractivity contribution is -0.714. The molecular formula is C22H26F8N6O5S. The third-order valence-corrected chi connectivity index (χ3v) is 6.52. The Morgan fingerprint density at radius 1 is 1.07 bits per heavy atom. The van der Waals surface area contributed by atoms with Crippen molar-refractivity contribution in [2.45, 2.75) is 38.4 Å². The van der Waals surface area contributed by atoms with Crippen LogP contribution in [0.4, 0.5) is 44.2 Å². The Morgan fingerprint density at radius 2 is 1.64 bits per heavy atom. The quantitative estimate of drug-likeness (QED) is 0.200. The van der Waals surface area contributed by atoms with Crippen molar-refractivity contribution in [3.63, 3.8) is 0 Å². The summed E-state index contributed by atoms with van der Waals surface area (Å²) in [6.07, 6.45) is -5.19. The van der Waals surface area contributed by atoms with E-state index in [9.17, 15) is 37.4 Å². The predicted molar refractivity (Wildman–Crippen MR) is 132 cm³/mol. The van der Waals surface area contributed by atoms with Gasteiger partial charge in [0.1, 0.15) is 22.3 Å². The Morgan fingerprint density at radius 3 is 2.10 bits per heavy atom. The number of nitrogen functional groups attached to an aromatic ring is 1. The number of aromatic nitrogens is 4. The minimum Gasteiger partial charge on any atom is -0.542 e. The number of fused-ring (bicyclic) bond motifs is 1. The molecule has 0 unspecified atom stereocenters. The van der Waals surface area contributed by atoms with Gasteiger partial charge >= 0.3 is 28.0 Å². The summed E-state index contributed by atoms with van der Waals surface area (Å²) in [5, 5.41) is 17.2. The molecule has 0 fully saturated rings. The summed E-state index contributed by atoms with van der Waals surface area (Å²) in [6.45, 7) is 6.57. The van der Waals surface area contributed by atoms with Crippen molar-refractivity contribution in [1.82, 2.24) is 14.7 Å². The molecule has 0 spiro atoms. The van der Waals surface area contributed by atoms with Crippen LogP contribution >= 0.6 is 10.2 Å². The van der Waals surface area contributed by atoms with Crippen LogP contribution in [0.25, 0.3) is 5.65 Å². The first-order chi connectivity index (χ1) is 19.1. The molecule has 0 aliphatic carbocycles. The second-order valence-electron chi connectivity index (χ2n) is 8.30. The van der Waals surface area contributed by atoms with Crippen molar-refractivity contribution in [3.8, 4) is 11.6 Å². The number of ether oxygens (including phenoxy) is 2. The number of nitrogens with two attached hydrogens (primary N) is 1. The zero-order valence-electron chi connectivity index (χ0n) is 22.4. The lowest BCUT2D eigenvalue weighted by Gasteiger charge is -2.40. The van der Waals surface area contributed by atoms with Crippen LogP contribution in [0.1, 0.15) is 31.1 Å². The highest BCUT2D eigenvalue weighted by molar-refractivity contribution is 8.45. The number of Topliss-reactive ketones (excluding diaryl/α,β-unsaturated/α-hetero) is 1. The first kappa shape index (κ1) is 34.1. The average Bonchev–Trinajstić information content (AvgIpc) is 3.17. The van der Waals surface area contributed by atoms with Crippen molar-refractivity contribution in [1.29, 1.82) is 0 Å². The molecule has 2 N–H and O–H groups in total. The third kappa shape index (κ3) is 8.23. The van der Waals surface area contributed by atoms with Crippen LogP contribution in [-0.4, -0.2) is 59.4 Å². The molecule has 0 amide bonds. The number of benzene rings is 1. The van der Waals surface area contributed by atoms with Crippen LogP contribution < -0.4 is 29.9 Å². The molecule has 2 heterocycles. The highest BCUT2D eigenvalue weighted by Crippen LogP contribution is 3.02. The molecule has 0 aliphatic heterocycles. The molecule has 3 aromatic rings. The van der Waals surface area contributed by atoms with Gasteiger partial charge in [-0.05, 0) is 43.1 Å². The van der Waals surface area contributed by atoms with Gasteiger partial charge in [0, 0.05) is 24.7 Å². The van der Waals surface area contributed by atoms with E-state index in [0.717, 1.165) is 17.9 Å². The molecular weight excluding hydrogens is 612 g/mol. The van der Waals surface area contributed by atoms with Gasteiger partial charge in [0.25, 0.3) is 5.88 Å². The smallest absolute Gasteiger partial charge is 0.430 e. The zero-order valence-corrected chi connectivity index (χ0v) is 23.2. The minimum absolute atomic E-state index is 0.112. The number of alkyl halides is 3. The van der Waals surface area contributed by atoms with E-state index in [1.165, 1.54) is 4.52 Å². The fourth-order valence-electron chi connectivity index (χ4n) is 3.46. The lowest BCUT2D eigenvalue weighted by atomic mass is 10.1. The van der Waals surface area contributed by atoms with E-state index in [-0.39, 0.29) is 29.6 Å². The highest BCUT2D eigenvalue weighted by Gasteiger charge is 2.65. The van der Waals surface area contributed by atoms with Crippen molar-refractivity contribution in [3.05, 3.63) is 29.8 Å². The summed E-state index contributed by atoms with van der Waals surface area (Å²) < 4.78 is 111. The van der Waals surface area contributed by atoms with Gasteiger partial charge in [-0.25, -0.2) is 0 Å². The molecule has 0 saturated carbocycles. The number of nitrogens with zero attached hydrogens (tertiary/aromatic N) is 5. The maximum Gasteiger partial charge on any atom is 0.430 e. The number of carboxylic acids is 1. The standard InChI is InChI=1S/C20H26F5N6O3S.C2HF3O2/c1-5-29(6-2)16-11-18-30(28-20(26)31(18)27-19(16)34-7-3)12-17(32)13-8-14(33-4)10-15(9-13)35(21,22,23,24)25;3-2(4,5)1(6)7/h8-11H,5-7,12H2,1-4H3,(H2,26,28);(H,6,7)/q+1;/p-1. The average molecular weight is 639 g/mol. The topological polar surface area (TPSA) is 139 Å². The number of hydrogen-bond donors (Lipinski definition) is 1. The van der Waals surface area contributed by atoms with Crippen LogP contribution in [0, 0.1) is 0 Å². The van der Waals surface area contributed by atoms with E-state index in [1.54, 1.807) is 13.0 Å². The first-order valence-corrected chi connectivity index (χ1v) is 13.7. The molecule has 11 nitrogen and oxygen atoms in total. The fourth-order valence-corrected chi connectivity index (χ4v) is 4.14. The van der Waals surface area contributed by atoms with Crippen LogP contribution in [0.2, 0.25) is 0 Å². The van der Waals surface area contributed by atoms with E-state index >= 15 is 0 Å². The van der Waals surface area contributed by atoms with Gasteiger partial charge in [-0.2, -0.15) is 13.2 Å². The molecule has 0 saturated heterocycles. The maximum absolute atomic E-state index is 13.4. The van der Waals surface area contributed by atoms with Gasteiger partial charge in [-0.1, -0.05) is 23.9 Å². The molecule has 1 aromatic carbocycles. The van der Waals surface area contributed by atoms with Crippen molar-refractivity contribution in [2.75, 3.05) is 37.4 Å². The minimum atomic E-state index is -10.1. The third-order valence-electron chi connectivity index (χ3n) is 5.39. The maximum atomic E-state index is 13.4. The monoisotopic (exact) mass is 638 g/mol. The first-order valence-electron chi connectivity index (χ1n) is 11.8. The Hall–Kier alpha value is -4.10. The second-order valence-corrected chi connectivity index (χ2v) is 10.7. The summed E-state index contributed by atoms with van der Waals surface area (Å²) >= 11 is 0. The number of halogens is 8. The highest BCUT2D eigenvalue weighted by atomic mass is 32.5. The summed E-state index contributed by atoms with van der Waals surface area (Å²) in [5.41, 5.74) is 6.15. The van der Waals surface area contributed by atoms with Gasteiger partial charge in [-0.15, -0.1) is 4.68 Å². The van der Waals surface area contributed by atoms with Gasteiger partial charge in [0.2, 0.25) is 5.78 Å². The van der Waals surface area contributed by atoms with E-state index in [1.807, 2.05) is 18.7 Å². The van der Waals surface area contributed by atoms with Gasteiger partial charge in [-0.3, -0.25) is 4.79 Å². The van der Waals surface area contributed by atoms with Crippen molar-refractivity contribution in [2.24, 2.45) is 0 Å². The molecule has 20 heteroatoms. The number of carboxylic acid groups (broad SMARTS) is 1. The van der Waals surface area contributed by atoms with E-state index < -0.39 is 50.9 Å². The summed E-state index contributed by atoms with van der Waals surface area (Å²) in [7, 11) is -9.06. The van der Waals surface area contributed by atoms with Gasteiger partial charge < -0.3 is 30.0 Å². The lowest BCUT2D eigenvalue weighted by Crippen LogP contribution is -2.40. The number of anilines is 2. The van der Waals surface area contributed by atoms with Crippen molar-refractivity contribution >= 4 is 39.3 Å². The van der Waals surface area contributed by atoms with Crippen LogP contribution in [0.3, 0.4) is 0 Å². The van der Waals surface area contributed by atoms with Gasteiger partial charge in [0.05, 0.1) is 19.8 Å². The Kier molecular flexibility index (Phi) is 9.17. The fraction of sp³-hybridized carbons (Fsp3) is 0.409. The number of rotatable bonds is 10. The van der Waals surface area contributed by atoms with E-state index in [4.69, 9.17) is 25.1 Å². The Labute approximate surface area is 233 Å². The summed E-state index contributed by atoms with van der Waals surface area (Å²) in [5.74, 6) is -4.30. The van der Waals surface area contributed by atoms with Crippen LogP contribution in [0.15, 0.2) is 29.2 Å². The van der Waals surface area contributed by atoms with E-state index in [2.05, 4.69) is 10.2 Å². The van der Waals surface area contributed by atoms with Crippen LogP contribution in [0.5, 0.6) is 11.6 Å². The number of hydrogen-bond acceptors (Lipinski definition) is 9. The summed E-state index contributed by atoms with van der Waals surface area (Å²) in [4.78, 5) is 21.4. The Balaban J connectivity index is 0.000000782. The molecule has 3 rings (SSSR count). The van der Waals surface area contributed by atoms with Crippen molar-refractivity contribution < 1.29 is 61.5 Å². The number of methoxy groups -OCH3 is 1. The molecule has 0 bridgehead atoms. The number of carbonyl (C=O) groups is 2. The second kappa shape index (κ2) is 11.3. The SMILES string of the molecule is CCOc1nn2c(N)n[n+](CC(=O)c3cc(OC)cc(S(F)(F)(F)(F)F)c3)c2cc1N(CC)CC.O=C([O-])C(F)(F)F. The number of ketones is 1. The summed E-state index contributed by atoms with van der Waals surface area (Å²) in [6, 6.07) is 2.85. The number of aliphatic carboxylic acids is 1. The normalized spacial score (nSPS) is 13.4. The molecule has 0 radical (unpaired) electrons. The van der Waals surface area contributed by atoms with Crippen LogP contribution in [-0.2, 0) is 11.3 Å². The molecule has 236 valence electrons.